The van der Waals surface area contributed by atoms with E-state index >= 15 is 0 Å². The molecular weight excluding hydrogens is 388 g/mol. The molecule has 1 atom stereocenters. The van der Waals surface area contributed by atoms with Gasteiger partial charge >= 0.3 is 0 Å². The first-order valence-electron chi connectivity index (χ1n) is 9.99. The summed E-state index contributed by atoms with van der Waals surface area (Å²) in [6.07, 6.45) is 0. The molecule has 1 aliphatic rings. The Morgan fingerprint density at radius 3 is 2.48 bits per heavy atom. The Hall–Kier alpha value is -4.19. The van der Waals surface area contributed by atoms with Gasteiger partial charge in [-0.1, -0.05) is 66.7 Å². The third kappa shape index (κ3) is 3.09. The number of benzene rings is 3. The number of aryl methyl sites for hydroxylation is 1. The van der Waals surface area contributed by atoms with Crippen LogP contribution >= 0.6 is 0 Å². The van der Waals surface area contributed by atoms with Gasteiger partial charge in [-0.15, -0.1) is 0 Å². The lowest BCUT2D eigenvalue weighted by Crippen LogP contribution is -2.22. The highest BCUT2D eigenvalue weighted by Gasteiger charge is 2.32. The number of primary amides is 1. The van der Waals surface area contributed by atoms with Gasteiger partial charge in [0.1, 0.15) is 5.69 Å². The van der Waals surface area contributed by atoms with Crippen LogP contribution in [0.15, 0.2) is 77.8 Å². The highest BCUT2D eigenvalue weighted by molar-refractivity contribution is 6.20. The topological polar surface area (TPSA) is 100 Å². The van der Waals surface area contributed by atoms with Gasteiger partial charge in [0.15, 0.2) is 6.04 Å². The van der Waals surface area contributed by atoms with E-state index in [2.05, 4.69) is 10.3 Å². The van der Waals surface area contributed by atoms with Crippen LogP contribution in [0.5, 0.6) is 0 Å². The number of aromatic nitrogens is 1. The van der Waals surface area contributed by atoms with Crippen LogP contribution < -0.4 is 11.1 Å². The summed E-state index contributed by atoms with van der Waals surface area (Å²) in [4.78, 5) is 33.7. The van der Waals surface area contributed by atoms with Crippen LogP contribution in [0.4, 0.5) is 5.69 Å². The third-order valence-corrected chi connectivity index (χ3v) is 5.60. The van der Waals surface area contributed by atoms with Crippen molar-refractivity contribution in [3.8, 4) is 0 Å². The van der Waals surface area contributed by atoms with Crippen molar-refractivity contribution in [1.82, 2.24) is 4.98 Å². The number of benzodiazepines with no additional fused rings is 1. The van der Waals surface area contributed by atoms with Crippen molar-refractivity contribution in [2.75, 3.05) is 5.32 Å². The van der Waals surface area contributed by atoms with Crippen molar-refractivity contribution >= 4 is 34.1 Å². The number of carbonyl (C=O) groups is 2. The Labute approximate surface area is 178 Å². The normalized spacial score (nSPS) is 15.7. The Balaban J connectivity index is 1.81. The zero-order valence-electron chi connectivity index (χ0n) is 16.8. The Morgan fingerprint density at radius 2 is 1.71 bits per heavy atom. The Bertz CT molecular complexity index is 1370. The molecule has 31 heavy (non-hydrogen) atoms. The molecule has 4 aromatic rings. The largest absolute Gasteiger partial charge is 0.364 e. The van der Waals surface area contributed by atoms with Gasteiger partial charge in [-0.2, -0.15) is 0 Å². The number of carbonyl (C=O) groups excluding carboxylic acids is 2. The van der Waals surface area contributed by atoms with E-state index < -0.39 is 11.9 Å². The monoisotopic (exact) mass is 408 g/mol. The summed E-state index contributed by atoms with van der Waals surface area (Å²) in [6, 6.07) is 22.0. The molecule has 0 radical (unpaired) electrons. The molecule has 0 spiro atoms. The average molecular weight is 408 g/mol. The number of para-hydroxylation sites is 2. The van der Waals surface area contributed by atoms with E-state index in [0.717, 1.165) is 33.3 Å². The third-order valence-electron chi connectivity index (χ3n) is 5.60. The summed E-state index contributed by atoms with van der Waals surface area (Å²) in [5, 5.41) is 3.79. The van der Waals surface area contributed by atoms with Crippen LogP contribution in [-0.4, -0.2) is 22.5 Å². The Morgan fingerprint density at radius 1 is 0.968 bits per heavy atom. The molecule has 1 aromatic heterocycles. The second kappa shape index (κ2) is 7.25. The van der Waals surface area contributed by atoms with Gasteiger partial charge in [-0.25, -0.2) is 0 Å². The number of aliphatic imine (C=N–C) groups is 1. The minimum atomic E-state index is -0.944. The molecule has 0 bridgehead atoms. The SMILES string of the molecule is Cc1cccc2c1NC(=O)C(c1c(C(N)=O)[nH]c3ccccc13)N=C2c1ccccc1. The molecule has 152 valence electrons. The van der Waals surface area contributed by atoms with Gasteiger partial charge in [-0.3, -0.25) is 14.6 Å². The molecule has 4 N–H and O–H groups in total. The van der Waals surface area contributed by atoms with Crippen LogP contribution in [0, 0.1) is 6.92 Å². The van der Waals surface area contributed by atoms with E-state index in [1.807, 2.05) is 79.7 Å². The molecule has 0 saturated carbocycles. The maximum absolute atomic E-state index is 13.4. The number of nitrogens with one attached hydrogen (secondary N) is 2. The fourth-order valence-corrected chi connectivity index (χ4v) is 4.14. The molecule has 1 unspecified atom stereocenters. The van der Waals surface area contributed by atoms with Crippen LogP contribution in [-0.2, 0) is 4.79 Å². The smallest absolute Gasteiger partial charge is 0.265 e. The van der Waals surface area contributed by atoms with Crippen molar-refractivity contribution in [3.63, 3.8) is 0 Å². The molecule has 6 heteroatoms. The minimum Gasteiger partial charge on any atom is -0.364 e. The first kappa shape index (κ1) is 18.8. The average Bonchev–Trinajstić information content (AvgIpc) is 3.09. The number of amides is 2. The van der Waals surface area contributed by atoms with Crippen molar-refractivity contribution in [2.24, 2.45) is 10.7 Å². The Kier molecular flexibility index (Phi) is 4.40. The predicted molar refractivity (Wildman–Crippen MR) is 121 cm³/mol. The number of rotatable bonds is 3. The lowest BCUT2D eigenvalue weighted by Gasteiger charge is -2.13. The number of fused-ring (bicyclic) bond motifs is 2. The van der Waals surface area contributed by atoms with Gasteiger partial charge in [0.05, 0.1) is 11.4 Å². The van der Waals surface area contributed by atoms with Crippen molar-refractivity contribution in [1.29, 1.82) is 0 Å². The first-order valence-corrected chi connectivity index (χ1v) is 9.99. The number of nitrogens with zero attached hydrogens (tertiary/aromatic N) is 1. The summed E-state index contributed by atoms with van der Waals surface area (Å²) < 4.78 is 0. The lowest BCUT2D eigenvalue weighted by molar-refractivity contribution is -0.117. The first-order chi connectivity index (χ1) is 15.0. The maximum Gasteiger partial charge on any atom is 0.265 e. The van der Waals surface area contributed by atoms with Gasteiger partial charge in [0, 0.05) is 27.6 Å². The van der Waals surface area contributed by atoms with Crippen LogP contribution in [0.25, 0.3) is 10.9 Å². The predicted octanol–water partition coefficient (Wildman–Crippen LogP) is 4.11. The molecule has 0 aliphatic carbocycles. The van der Waals surface area contributed by atoms with Gasteiger partial charge in [0.2, 0.25) is 0 Å². The zero-order chi connectivity index (χ0) is 21.5. The number of anilines is 1. The van der Waals surface area contributed by atoms with Crippen LogP contribution in [0.3, 0.4) is 0 Å². The molecule has 6 nitrogen and oxygen atoms in total. The van der Waals surface area contributed by atoms with Crippen LogP contribution in [0.1, 0.15) is 38.8 Å². The fraction of sp³-hybridized carbons (Fsp3) is 0.0800. The fourth-order valence-electron chi connectivity index (χ4n) is 4.14. The van der Waals surface area contributed by atoms with Gasteiger partial charge in [0.25, 0.3) is 11.8 Å². The summed E-state index contributed by atoms with van der Waals surface area (Å²) >= 11 is 0. The maximum atomic E-state index is 13.4. The van der Waals surface area contributed by atoms with Crippen molar-refractivity contribution in [3.05, 3.63) is 101 Å². The quantitative estimate of drug-likeness (QED) is 0.475. The van der Waals surface area contributed by atoms with E-state index in [9.17, 15) is 9.59 Å². The summed E-state index contributed by atoms with van der Waals surface area (Å²) in [7, 11) is 0. The molecule has 2 amide bonds. The second-order valence-corrected chi connectivity index (χ2v) is 7.56. The second-order valence-electron chi connectivity index (χ2n) is 7.56. The van der Waals surface area contributed by atoms with Gasteiger partial charge < -0.3 is 16.0 Å². The number of nitrogens with two attached hydrogens (primary N) is 1. The molecule has 2 heterocycles. The van der Waals surface area contributed by atoms with Crippen LogP contribution in [0.2, 0.25) is 0 Å². The molecule has 5 rings (SSSR count). The van der Waals surface area contributed by atoms with Gasteiger partial charge in [-0.05, 0) is 18.6 Å². The minimum absolute atomic E-state index is 0.195. The number of hydrogen-bond acceptors (Lipinski definition) is 3. The number of H-pyrrole nitrogens is 1. The van der Waals surface area contributed by atoms with E-state index in [0.29, 0.717) is 11.3 Å². The highest BCUT2D eigenvalue weighted by atomic mass is 16.2. The lowest BCUT2D eigenvalue weighted by atomic mass is 9.98. The van der Waals surface area contributed by atoms with E-state index in [4.69, 9.17) is 10.7 Å². The molecule has 0 fully saturated rings. The van der Waals surface area contributed by atoms with E-state index in [1.165, 1.54) is 0 Å². The summed E-state index contributed by atoms with van der Waals surface area (Å²) in [5.74, 6) is -0.942. The standard InChI is InChI=1S/C25H20N4O2/c1-14-8-7-12-17-20(14)29-25(31)23(28-21(17)15-9-3-2-4-10-15)19-16-11-5-6-13-18(16)27-22(19)24(26)30/h2-13,23,27H,1H3,(H2,26,30)(H,29,31). The van der Waals surface area contributed by atoms with E-state index in [-0.39, 0.29) is 11.6 Å². The number of aromatic amines is 1. The van der Waals surface area contributed by atoms with E-state index in [1.54, 1.807) is 0 Å². The molecular formula is C25H20N4O2. The summed E-state index contributed by atoms with van der Waals surface area (Å²) in [5.41, 5.74) is 11.1. The highest BCUT2D eigenvalue weighted by Crippen LogP contribution is 2.36. The zero-order valence-corrected chi connectivity index (χ0v) is 16.8. The summed E-state index contributed by atoms with van der Waals surface area (Å²) in [6.45, 7) is 1.95. The molecule has 1 aliphatic heterocycles. The van der Waals surface area contributed by atoms with Crippen molar-refractivity contribution < 1.29 is 9.59 Å². The van der Waals surface area contributed by atoms with Crippen molar-refractivity contribution in [2.45, 2.75) is 13.0 Å². The number of hydrogen-bond donors (Lipinski definition) is 3. The molecule has 3 aromatic carbocycles. The molecule has 0 saturated heterocycles.